The van der Waals surface area contributed by atoms with Crippen molar-refractivity contribution in [2.24, 2.45) is 10.8 Å². The second-order valence-electron chi connectivity index (χ2n) is 7.84. The van der Waals surface area contributed by atoms with E-state index in [-0.39, 0.29) is 31.4 Å². The van der Waals surface area contributed by atoms with Gasteiger partial charge in [-0.1, -0.05) is 35.4 Å². The summed E-state index contributed by atoms with van der Waals surface area (Å²) < 4.78 is 57.1. The first kappa shape index (κ1) is 27.4. The number of hydrogen-bond acceptors (Lipinski definition) is 8. The van der Waals surface area contributed by atoms with Crippen LogP contribution in [0.3, 0.4) is 0 Å². The van der Waals surface area contributed by atoms with Crippen LogP contribution in [0.2, 0.25) is 0 Å². The van der Waals surface area contributed by atoms with Crippen molar-refractivity contribution in [1.29, 1.82) is 0 Å². The van der Waals surface area contributed by atoms with E-state index in [1.807, 2.05) is 6.92 Å². The molecule has 0 aromatic heterocycles. The minimum absolute atomic E-state index is 0.0498. The lowest BCUT2D eigenvalue weighted by atomic mass is 10.1. The highest BCUT2D eigenvalue weighted by molar-refractivity contribution is 7.92. The molecular formula is C21H30N6O5S2. The summed E-state index contributed by atoms with van der Waals surface area (Å²) in [7, 11) is -7.16. The summed E-state index contributed by atoms with van der Waals surface area (Å²) in [5.74, 6) is 0.306. The average molecular weight is 511 g/mol. The molecule has 11 nitrogen and oxygen atoms in total. The normalized spacial score (nSPS) is 14.4. The highest BCUT2D eigenvalue weighted by Gasteiger charge is 2.40. The predicted octanol–water partition coefficient (Wildman–Crippen LogP) is 2.34. The van der Waals surface area contributed by atoms with Gasteiger partial charge >= 0.3 is 0 Å². The smallest absolute Gasteiger partial charge is 0.229 e. The molecule has 4 N–H and O–H groups in total. The van der Waals surface area contributed by atoms with Crippen LogP contribution in [0, 0.1) is 0 Å². The Bertz CT molecular complexity index is 1180. The summed E-state index contributed by atoms with van der Waals surface area (Å²) in [6.45, 7) is 2.14. The first-order chi connectivity index (χ1) is 16.0. The molecule has 2 aromatic carbocycles. The van der Waals surface area contributed by atoms with Crippen LogP contribution < -0.4 is 20.5 Å². The lowest BCUT2D eigenvalue weighted by Gasteiger charge is -2.31. The Morgan fingerprint density at radius 1 is 1.12 bits per heavy atom. The maximum Gasteiger partial charge on any atom is 0.229 e. The standard InChI is InChI=1S/C21H30N6O5S2/c1-17(32-20-11-9-19(10-12-20)26-33(2,28)29)15-24-16-21(22,18-7-4-3-5-8-18)34(30,31)14-6-13-25-27-23/h3-5,7-12,17,24,26H,6,13-16,22H2,1-2H3. The van der Waals surface area contributed by atoms with Crippen LogP contribution in [0.4, 0.5) is 5.69 Å². The summed E-state index contributed by atoms with van der Waals surface area (Å²) in [6.07, 6.45) is 0.905. The van der Waals surface area contributed by atoms with Crippen LogP contribution in [0.25, 0.3) is 10.4 Å². The topological polar surface area (TPSA) is 176 Å². The number of hydrogen-bond donors (Lipinski definition) is 3. The number of anilines is 1. The van der Waals surface area contributed by atoms with Crippen molar-refractivity contribution in [2.45, 2.75) is 24.3 Å². The Morgan fingerprint density at radius 3 is 2.35 bits per heavy atom. The van der Waals surface area contributed by atoms with Gasteiger partial charge in [0.15, 0.2) is 14.7 Å². The minimum Gasteiger partial charge on any atom is -0.489 e. The molecule has 0 bridgehead atoms. The van der Waals surface area contributed by atoms with E-state index >= 15 is 0 Å². The number of nitrogens with two attached hydrogens (primary N) is 1. The Morgan fingerprint density at radius 2 is 1.76 bits per heavy atom. The van der Waals surface area contributed by atoms with Crippen LogP contribution in [-0.4, -0.2) is 54.6 Å². The van der Waals surface area contributed by atoms with Gasteiger partial charge in [-0.3, -0.25) is 4.72 Å². The van der Waals surface area contributed by atoms with Crippen molar-refractivity contribution in [2.75, 3.05) is 36.4 Å². The first-order valence-corrected chi connectivity index (χ1v) is 14.0. The lowest BCUT2D eigenvalue weighted by molar-refractivity contribution is 0.215. The monoisotopic (exact) mass is 510 g/mol. The van der Waals surface area contributed by atoms with E-state index in [2.05, 4.69) is 20.1 Å². The van der Waals surface area contributed by atoms with Crippen molar-refractivity contribution in [3.05, 3.63) is 70.6 Å². The van der Waals surface area contributed by atoms with Gasteiger partial charge in [-0.05, 0) is 48.7 Å². The zero-order valence-corrected chi connectivity index (χ0v) is 20.7. The fourth-order valence-corrected chi connectivity index (χ4v) is 5.47. The third kappa shape index (κ3) is 8.19. The zero-order chi connectivity index (χ0) is 25.2. The number of sulfone groups is 1. The number of nitrogens with one attached hydrogen (secondary N) is 2. The molecular weight excluding hydrogens is 480 g/mol. The Kier molecular flexibility index (Phi) is 9.71. The van der Waals surface area contributed by atoms with Gasteiger partial charge in [-0.25, -0.2) is 16.8 Å². The van der Waals surface area contributed by atoms with E-state index in [4.69, 9.17) is 16.0 Å². The van der Waals surface area contributed by atoms with Crippen molar-refractivity contribution < 1.29 is 21.6 Å². The van der Waals surface area contributed by atoms with Crippen molar-refractivity contribution in [3.63, 3.8) is 0 Å². The maximum absolute atomic E-state index is 13.1. The van der Waals surface area contributed by atoms with E-state index < -0.39 is 24.7 Å². The molecule has 0 spiro atoms. The molecule has 0 aliphatic heterocycles. The second kappa shape index (κ2) is 12.0. The fraction of sp³-hybridized carbons (Fsp3) is 0.429. The average Bonchev–Trinajstić information content (AvgIpc) is 2.77. The summed E-state index contributed by atoms with van der Waals surface area (Å²) >= 11 is 0. The second-order valence-corrected chi connectivity index (χ2v) is 12.0. The first-order valence-electron chi connectivity index (χ1n) is 10.5. The Hall–Kier alpha value is -2.83. The third-order valence-corrected chi connectivity index (χ3v) is 7.79. The zero-order valence-electron chi connectivity index (χ0n) is 19.1. The Labute approximate surface area is 200 Å². The van der Waals surface area contributed by atoms with Gasteiger partial charge < -0.3 is 15.8 Å². The molecule has 2 rings (SSSR count). The van der Waals surface area contributed by atoms with Gasteiger partial charge in [0.1, 0.15) is 11.9 Å². The number of nitrogens with zero attached hydrogens (tertiary/aromatic N) is 3. The molecule has 2 unspecified atom stereocenters. The van der Waals surface area contributed by atoms with Gasteiger partial charge in [-0.15, -0.1) is 0 Å². The van der Waals surface area contributed by atoms with Crippen LogP contribution in [0.5, 0.6) is 5.75 Å². The molecule has 0 radical (unpaired) electrons. The predicted molar refractivity (Wildman–Crippen MR) is 133 cm³/mol. The molecule has 0 saturated carbocycles. The summed E-state index contributed by atoms with van der Waals surface area (Å²) in [5, 5.41) is 6.48. The maximum atomic E-state index is 13.1. The quantitative estimate of drug-likeness (QED) is 0.151. The van der Waals surface area contributed by atoms with Crippen LogP contribution in [0.1, 0.15) is 18.9 Å². The molecule has 0 amide bonds. The van der Waals surface area contributed by atoms with Gasteiger partial charge in [0.2, 0.25) is 10.0 Å². The molecule has 0 aliphatic rings. The van der Waals surface area contributed by atoms with E-state index in [1.165, 1.54) is 0 Å². The molecule has 0 aliphatic carbocycles. The van der Waals surface area contributed by atoms with Crippen molar-refractivity contribution in [1.82, 2.24) is 5.32 Å². The van der Waals surface area contributed by atoms with Crippen LogP contribution >= 0.6 is 0 Å². The Balaban J connectivity index is 2.02. The molecule has 2 aromatic rings. The SMILES string of the molecule is CC(CNCC(N)(c1ccccc1)S(=O)(=O)CCCN=[N+]=[N-])Oc1ccc(NS(C)(=O)=O)cc1. The molecule has 2 atom stereocenters. The van der Waals surface area contributed by atoms with Gasteiger partial charge in [0.05, 0.1) is 12.0 Å². The lowest BCUT2D eigenvalue weighted by Crippen LogP contribution is -2.54. The molecule has 0 fully saturated rings. The van der Waals surface area contributed by atoms with E-state index in [1.54, 1.807) is 54.6 Å². The van der Waals surface area contributed by atoms with Crippen LogP contribution in [0.15, 0.2) is 59.7 Å². The van der Waals surface area contributed by atoms with Crippen molar-refractivity contribution in [3.8, 4) is 5.75 Å². The number of sulfonamides is 1. The number of benzene rings is 2. The number of ether oxygens (including phenoxy) is 1. The van der Waals surface area contributed by atoms with E-state index in [9.17, 15) is 16.8 Å². The minimum atomic E-state index is -3.80. The van der Waals surface area contributed by atoms with E-state index in [0.717, 1.165) is 6.26 Å². The summed E-state index contributed by atoms with van der Waals surface area (Å²) in [4.78, 5) is 0.964. The van der Waals surface area contributed by atoms with E-state index in [0.29, 0.717) is 23.5 Å². The van der Waals surface area contributed by atoms with Gasteiger partial charge in [0, 0.05) is 30.2 Å². The molecule has 0 heterocycles. The summed E-state index contributed by atoms with van der Waals surface area (Å²) in [5.41, 5.74) is 15.7. The highest BCUT2D eigenvalue weighted by atomic mass is 32.2. The number of azide groups is 1. The van der Waals surface area contributed by atoms with Gasteiger partial charge in [0.25, 0.3) is 0 Å². The van der Waals surface area contributed by atoms with Crippen LogP contribution in [-0.2, 0) is 24.7 Å². The van der Waals surface area contributed by atoms with Gasteiger partial charge in [-0.2, -0.15) is 0 Å². The van der Waals surface area contributed by atoms with Crippen molar-refractivity contribution >= 4 is 25.5 Å². The molecule has 13 heteroatoms. The largest absolute Gasteiger partial charge is 0.489 e. The number of rotatable bonds is 14. The molecule has 0 saturated heterocycles. The fourth-order valence-electron chi connectivity index (χ4n) is 3.21. The highest BCUT2D eigenvalue weighted by Crippen LogP contribution is 2.26. The molecule has 186 valence electrons. The third-order valence-electron chi connectivity index (χ3n) is 4.87. The summed E-state index contributed by atoms with van der Waals surface area (Å²) in [6, 6.07) is 15.0. The molecule has 34 heavy (non-hydrogen) atoms.